The predicted molar refractivity (Wildman–Crippen MR) is 200 cm³/mol. The SMILES string of the molecule is NC(N)=NCCC[C@H]1NC(=O)CNC(=O)[C@@H](CCCN=C(N)N)NC(=O)[C@H](Cc2ccc(O)cc2)NC(=O)[C@@H](Cc2ccc3ccccc3c2)NC1=O. The van der Waals surface area contributed by atoms with Gasteiger partial charge in [0.05, 0.1) is 6.54 Å². The molecule has 282 valence electrons. The van der Waals surface area contributed by atoms with Gasteiger partial charge in [0.25, 0.3) is 0 Å². The fourth-order valence-corrected chi connectivity index (χ4v) is 5.79. The van der Waals surface area contributed by atoms with Crippen LogP contribution in [0, 0.1) is 0 Å². The maximum absolute atomic E-state index is 14.2. The lowest BCUT2D eigenvalue weighted by Crippen LogP contribution is -2.58. The summed E-state index contributed by atoms with van der Waals surface area (Å²) >= 11 is 0. The van der Waals surface area contributed by atoms with Gasteiger partial charge in [0.1, 0.15) is 29.9 Å². The number of carbonyl (C=O) groups is 5. The molecule has 1 aliphatic heterocycles. The normalized spacial score (nSPS) is 20.0. The Morgan fingerprint density at radius 2 is 1.09 bits per heavy atom. The van der Waals surface area contributed by atoms with Crippen LogP contribution >= 0.6 is 0 Å². The second-order valence-electron chi connectivity index (χ2n) is 12.7. The van der Waals surface area contributed by atoms with Crippen molar-refractivity contribution in [3.8, 4) is 5.75 Å². The van der Waals surface area contributed by atoms with Gasteiger partial charge in [-0.1, -0.05) is 54.6 Å². The molecule has 0 bridgehead atoms. The molecule has 0 spiro atoms. The maximum atomic E-state index is 14.2. The zero-order chi connectivity index (χ0) is 38.3. The summed E-state index contributed by atoms with van der Waals surface area (Å²) in [6, 6.07) is 14.7. The van der Waals surface area contributed by atoms with Crippen LogP contribution < -0.4 is 49.5 Å². The number of nitrogens with zero attached hydrogens (tertiary/aromatic N) is 2. The van der Waals surface area contributed by atoms with Crippen molar-refractivity contribution in [2.45, 2.75) is 62.7 Å². The number of phenols is 1. The Morgan fingerprint density at radius 3 is 1.68 bits per heavy atom. The summed E-state index contributed by atoms with van der Waals surface area (Å²) in [5, 5.41) is 25.2. The number of nitrogens with one attached hydrogen (secondary N) is 5. The average Bonchev–Trinajstić information content (AvgIpc) is 3.12. The quantitative estimate of drug-likeness (QED) is 0.0585. The lowest BCUT2D eigenvalue weighted by Gasteiger charge is -2.26. The number of carbonyl (C=O) groups excluding carboxylic acids is 5. The van der Waals surface area contributed by atoms with E-state index in [2.05, 4.69) is 36.6 Å². The van der Waals surface area contributed by atoms with E-state index in [1.54, 1.807) is 12.1 Å². The summed E-state index contributed by atoms with van der Waals surface area (Å²) in [6.07, 6.45) is 0.802. The minimum absolute atomic E-state index is 0.0102. The number of aromatic hydroxyl groups is 1. The molecule has 0 radical (unpaired) electrons. The highest BCUT2D eigenvalue weighted by atomic mass is 16.3. The molecule has 0 aromatic heterocycles. The van der Waals surface area contributed by atoms with Crippen LogP contribution in [0.5, 0.6) is 5.75 Å². The molecular formula is C36H47N11O6. The van der Waals surface area contributed by atoms with Crippen LogP contribution in [0.3, 0.4) is 0 Å². The van der Waals surface area contributed by atoms with Gasteiger partial charge in [-0.05, 0) is 59.7 Å². The Kier molecular flexibility index (Phi) is 14.3. The number of phenolic OH excluding ortho intramolecular Hbond substituents is 1. The topological polar surface area (TPSA) is 295 Å². The third kappa shape index (κ3) is 12.7. The Bertz CT molecular complexity index is 1820. The van der Waals surface area contributed by atoms with E-state index in [1.807, 2.05) is 42.5 Å². The summed E-state index contributed by atoms with van der Waals surface area (Å²) in [7, 11) is 0. The van der Waals surface area contributed by atoms with Gasteiger partial charge in [-0.2, -0.15) is 0 Å². The molecule has 0 unspecified atom stereocenters. The van der Waals surface area contributed by atoms with Crippen molar-refractivity contribution in [2.75, 3.05) is 19.6 Å². The van der Waals surface area contributed by atoms with Gasteiger partial charge in [0.2, 0.25) is 29.5 Å². The highest BCUT2D eigenvalue weighted by Crippen LogP contribution is 2.18. The molecule has 4 rings (SSSR count). The molecule has 53 heavy (non-hydrogen) atoms. The van der Waals surface area contributed by atoms with Gasteiger partial charge in [0, 0.05) is 25.9 Å². The molecule has 17 heteroatoms. The van der Waals surface area contributed by atoms with Crippen molar-refractivity contribution >= 4 is 52.2 Å². The number of rotatable bonds is 12. The van der Waals surface area contributed by atoms with Crippen LogP contribution in [0.15, 0.2) is 76.7 Å². The average molecular weight is 730 g/mol. The van der Waals surface area contributed by atoms with Gasteiger partial charge in [-0.15, -0.1) is 0 Å². The number of amides is 5. The van der Waals surface area contributed by atoms with Crippen LogP contribution in [0.4, 0.5) is 0 Å². The first kappa shape index (κ1) is 39.4. The number of hydrogen-bond acceptors (Lipinski definition) is 8. The van der Waals surface area contributed by atoms with E-state index in [0.717, 1.165) is 16.3 Å². The maximum Gasteiger partial charge on any atom is 0.243 e. The summed E-state index contributed by atoms with van der Waals surface area (Å²) in [4.78, 5) is 76.3. The molecule has 4 atom stereocenters. The largest absolute Gasteiger partial charge is 0.508 e. The van der Waals surface area contributed by atoms with Gasteiger partial charge in [-0.3, -0.25) is 34.0 Å². The lowest BCUT2D eigenvalue weighted by atomic mass is 9.99. The first-order valence-electron chi connectivity index (χ1n) is 17.2. The summed E-state index contributed by atoms with van der Waals surface area (Å²) in [5.74, 6) is -3.65. The van der Waals surface area contributed by atoms with Crippen molar-refractivity contribution < 1.29 is 29.1 Å². The fourth-order valence-electron chi connectivity index (χ4n) is 5.79. The van der Waals surface area contributed by atoms with Crippen molar-refractivity contribution in [1.29, 1.82) is 0 Å². The van der Waals surface area contributed by atoms with Crippen LogP contribution in [-0.4, -0.2) is 90.4 Å². The van der Waals surface area contributed by atoms with Crippen LogP contribution in [-0.2, 0) is 36.8 Å². The van der Waals surface area contributed by atoms with Crippen molar-refractivity contribution in [3.05, 3.63) is 77.9 Å². The smallest absolute Gasteiger partial charge is 0.243 e. The molecule has 1 aliphatic rings. The van der Waals surface area contributed by atoms with Crippen LogP contribution in [0.25, 0.3) is 10.8 Å². The molecule has 0 saturated carbocycles. The fraction of sp³-hybridized carbons (Fsp3) is 0.361. The third-order valence-corrected chi connectivity index (χ3v) is 8.49. The Labute approximate surface area is 306 Å². The van der Waals surface area contributed by atoms with Crippen LogP contribution in [0.1, 0.15) is 36.8 Å². The predicted octanol–water partition coefficient (Wildman–Crippen LogP) is -1.49. The molecular weight excluding hydrogens is 682 g/mol. The van der Waals surface area contributed by atoms with E-state index >= 15 is 0 Å². The van der Waals surface area contributed by atoms with E-state index in [4.69, 9.17) is 22.9 Å². The summed E-state index contributed by atoms with van der Waals surface area (Å²) < 4.78 is 0. The zero-order valence-electron chi connectivity index (χ0n) is 29.2. The number of fused-ring (bicyclic) bond motifs is 1. The minimum Gasteiger partial charge on any atom is -0.508 e. The van der Waals surface area contributed by atoms with E-state index in [9.17, 15) is 29.1 Å². The molecule has 1 heterocycles. The Balaban J connectivity index is 1.70. The van der Waals surface area contributed by atoms with Gasteiger partial charge < -0.3 is 54.6 Å². The van der Waals surface area contributed by atoms with E-state index in [0.29, 0.717) is 18.4 Å². The number of benzene rings is 3. The molecule has 3 aromatic rings. The van der Waals surface area contributed by atoms with Crippen molar-refractivity contribution in [1.82, 2.24) is 26.6 Å². The lowest BCUT2D eigenvalue weighted by molar-refractivity contribution is -0.134. The standard InChI is InChI=1S/C36H47N11O6/c37-35(38)41-15-3-7-26-31(50)43-20-30(49)44-27(8-4-16-42-36(39)40)32(51)46-29(19-22-9-12-23-5-1-2-6-24(23)17-22)34(53)47-28(33(52)45-26)18-21-10-13-25(48)14-11-21/h1-2,5-6,9-14,17,26-29,48H,3-4,7-8,15-16,18-20H2,(H,43,50)(H,44,49)(H,45,52)(H,46,51)(H,47,53)(H4,37,38,41)(H4,39,40,42)/t26-,27-,28+,29-/m1/s1. The van der Waals surface area contributed by atoms with E-state index in [-0.39, 0.29) is 56.4 Å². The molecule has 3 aromatic carbocycles. The monoisotopic (exact) mass is 729 g/mol. The first-order chi connectivity index (χ1) is 25.4. The molecule has 14 N–H and O–H groups in total. The summed E-state index contributed by atoms with van der Waals surface area (Å²) in [6.45, 7) is -0.165. The first-order valence-corrected chi connectivity index (χ1v) is 17.2. The molecule has 0 aliphatic carbocycles. The third-order valence-electron chi connectivity index (χ3n) is 8.49. The second-order valence-corrected chi connectivity index (χ2v) is 12.7. The number of guanidine groups is 2. The Morgan fingerprint density at radius 1 is 0.604 bits per heavy atom. The molecule has 17 nitrogen and oxygen atoms in total. The Hall–Kier alpha value is -6.39. The van der Waals surface area contributed by atoms with E-state index in [1.165, 1.54) is 12.1 Å². The van der Waals surface area contributed by atoms with E-state index < -0.39 is 60.2 Å². The number of aliphatic imine (C=N–C) groups is 2. The summed E-state index contributed by atoms with van der Waals surface area (Å²) in [5.41, 5.74) is 23.1. The molecule has 5 amide bonds. The van der Waals surface area contributed by atoms with Crippen molar-refractivity contribution in [3.63, 3.8) is 0 Å². The highest BCUT2D eigenvalue weighted by molar-refractivity contribution is 5.97. The van der Waals surface area contributed by atoms with Crippen LogP contribution in [0.2, 0.25) is 0 Å². The molecule has 1 saturated heterocycles. The highest BCUT2D eigenvalue weighted by Gasteiger charge is 2.32. The van der Waals surface area contributed by atoms with Gasteiger partial charge in [0.15, 0.2) is 11.9 Å². The number of nitrogens with two attached hydrogens (primary N) is 4. The minimum atomic E-state index is -1.23. The molecule has 1 fully saturated rings. The van der Waals surface area contributed by atoms with Crippen molar-refractivity contribution in [2.24, 2.45) is 32.9 Å². The zero-order valence-corrected chi connectivity index (χ0v) is 29.2. The van der Waals surface area contributed by atoms with Gasteiger partial charge in [-0.25, -0.2) is 0 Å². The van der Waals surface area contributed by atoms with Gasteiger partial charge >= 0.3 is 0 Å². The number of hydrogen-bond donors (Lipinski definition) is 10. The second kappa shape index (κ2) is 19.3.